The van der Waals surface area contributed by atoms with Gasteiger partial charge >= 0.3 is 5.97 Å². The molecule has 1 amide bonds. The van der Waals surface area contributed by atoms with Gasteiger partial charge in [0.15, 0.2) is 6.10 Å². The Morgan fingerprint density at radius 3 is 2.36 bits per heavy atom. The second-order valence-electron chi connectivity index (χ2n) is 5.93. The van der Waals surface area contributed by atoms with Crippen molar-refractivity contribution in [2.24, 2.45) is 0 Å². The number of esters is 1. The van der Waals surface area contributed by atoms with E-state index in [1.165, 1.54) is 6.92 Å². The summed E-state index contributed by atoms with van der Waals surface area (Å²) < 4.78 is 21.0. The predicted molar refractivity (Wildman–Crippen MR) is 105 cm³/mol. The predicted octanol–water partition coefficient (Wildman–Crippen LogP) is 3.42. The minimum Gasteiger partial charge on any atom is -0.497 e. The van der Waals surface area contributed by atoms with E-state index in [0.717, 1.165) is 5.56 Å². The SMILES string of the molecule is CCOCc1cc(C(=O)O[C@@H](C)C(=O)Nc2ccc(OC)cc2)ccc1OC. The molecule has 2 aromatic carbocycles. The van der Waals surface area contributed by atoms with Gasteiger partial charge in [0.2, 0.25) is 0 Å². The van der Waals surface area contributed by atoms with Gasteiger partial charge in [-0.2, -0.15) is 0 Å². The van der Waals surface area contributed by atoms with Crippen molar-refractivity contribution >= 4 is 17.6 Å². The zero-order valence-electron chi connectivity index (χ0n) is 16.5. The Balaban J connectivity index is 2.01. The van der Waals surface area contributed by atoms with Crippen LogP contribution in [0.1, 0.15) is 29.8 Å². The fraction of sp³-hybridized carbons (Fsp3) is 0.333. The smallest absolute Gasteiger partial charge is 0.338 e. The van der Waals surface area contributed by atoms with E-state index in [-0.39, 0.29) is 0 Å². The van der Waals surface area contributed by atoms with Crippen molar-refractivity contribution in [2.45, 2.75) is 26.6 Å². The number of amides is 1. The van der Waals surface area contributed by atoms with E-state index in [9.17, 15) is 9.59 Å². The minimum atomic E-state index is -0.966. The number of hydrogen-bond donors (Lipinski definition) is 1. The first-order chi connectivity index (χ1) is 13.5. The number of nitrogens with one attached hydrogen (secondary N) is 1. The fourth-order valence-corrected chi connectivity index (χ4v) is 2.43. The van der Waals surface area contributed by atoms with Crippen molar-refractivity contribution in [3.05, 3.63) is 53.6 Å². The van der Waals surface area contributed by atoms with E-state index in [0.29, 0.717) is 36.0 Å². The molecular weight excluding hydrogens is 362 g/mol. The van der Waals surface area contributed by atoms with Gasteiger partial charge in [-0.05, 0) is 56.3 Å². The first-order valence-electron chi connectivity index (χ1n) is 8.89. The standard InChI is InChI=1S/C21H25NO6/c1-5-27-13-16-12-15(6-11-19(16)26-4)21(24)28-14(2)20(23)22-17-7-9-18(25-3)10-8-17/h6-12,14H,5,13H2,1-4H3,(H,22,23)/t14-/m0/s1. The molecule has 0 spiro atoms. The van der Waals surface area contributed by atoms with Gasteiger partial charge in [-0.15, -0.1) is 0 Å². The van der Waals surface area contributed by atoms with Crippen molar-refractivity contribution in [1.29, 1.82) is 0 Å². The molecule has 150 valence electrons. The van der Waals surface area contributed by atoms with Gasteiger partial charge in [-0.1, -0.05) is 0 Å². The third-order valence-electron chi connectivity index (χ3n) is 3.99. The van der Waals surface area contributed by atoms with Crippen LogP contribution in [0, 0.1) is 0 Å². The largest absolute Gasteiger partial charge is 0.497 e. The first kappa shape index (κ1) is 21.2. The van der Waals surface area contributed by atoms with Crippen molar-refractivity contribution in [1.82, 2.24) is 0 Å². The molecule has 0 fully saturated rings. The summed E-state index contributed by atoms with van der Waals surface area (Å²) >= 11 is 0. The third-order valence-corrected chi connectivity index (χ3v) is 3.99. The monoisotopic (exact) mass is 387 g/mol. The van der Waals surface area contributed by atoms with Gasteiger partial charge in [-0.3, -0.25) is 4.79 Å². The van der Waals surface area contributed by atoms with Crippen LogP contribution in [0.5, 0.6) is 11.5 Å². The van der Waals surface area contributed by atoms with Crippen LogP contribution in [0.25, 0.3) is 0 Å². The number of anilines is 1. The van der Waals surface area contributed by atoms with Crippen LogP contribution >= 0.6 is 0 Å². The van der Waals surface area contributed by atoms with E-state index in [1.807, 2.05) is 6.92 Å². The third kappa shape index (κ3) is 5.72. The zero-order valence-corrected chi connectivity index (χ0v) is 16.5. The molecule has 0 aromatic heterocycles. The highest BCUT2D eigenvalue weighted by atomic mass is 16.5. The van der Waals surface area contributed by atoms with E-state index >= 15 is 0 Å². The molecular formula is C21H25NO6. The highest BCUT2D eigenvalue weighted by Crippen LogP contribution is 2.22. The Morgan fingerprint density at radius 1 is 1.04 bits per heavy atom. The molecule has 7 nitrogen and oxygen atoms in total. The maximum atomic E-state index is 12.4. The van der Waals surface area contributed by atoms with Crippen LogP contribution in [-0.4, -0.2) is 38.8 Å². The number of carbonyl (C=O) groups excluding carboxylic acids is 2. The number of carbonyl (C=O) groups is 2. The van der Waals surface area contributed by atoms with Gasteiger partial charge in [0.05, 0.1) is 26.4 Å². The number of hydrogen-bond acceptors (Lipinski definition) is 6. The number of benzene rings is 2. The second-order valence-corrected chi connectivity index (χ2v) is 5.93. The van der Waals surface area contributed by atoms with Crippen molar-refractivity contribution in [2.75, 3.05) is 26.1 Å². The molecule has 0 aliphatic carbocycles. The minimum absolute atomic E-state index is 0.314. The van der Waals surface area contributed by atoms with E-state index < -0.39 is 18.0 Å². The Bertz CT molecular complexity index is 803. The summed E-state index contributed by atoms with van der Waals surface area (Å²) in [5, 5.41) is 2.70. The molecule has 1 atom stereocenters. The highest BCUT2D eigenvalue weighted by molar-refractivity contribution is 5.97. The fourth-order valence-electron chi connectivity index (χ4n) is 2.43. The Morgan fingerprint density at radius 2 is 1.75 bits per heavy atom. The molecule has 0 saturated carbocycles. The summed E-state index contributed by atoms with van der Waals surface area (Å²) in [6.07, 6.45) is -0.966. The van der Waals surface area contributed by atoms with Crippen molar-refractivity contribution < 1.29 is 28.5 Å². The maximum absolute atomic E-state index is 12.4. The molecule has 0 aliphatic heterocycles. The molecule has 2 rings (SSSR count). The van der Waals surface area contributed by atoms with Gasteiger partial charge in [0.25, 0.3) is 5.91 Å². The lowest BCUT2D eigenvalue weighted by atomic mass is 10.1. The number of methoxy groups -OCH3 is 2. The number of ether oxygens (including phenoxy) is 4. The average molecular weight is 387 g/mol. The van der Waals surface area contributed by atoms with Crippen LogP contribution in [0.4, 0.5) is 5.69 Å². The number of rotatable bonds is 9. The van der Waals surface area contributed by atoms with Crippen LogP contribution in [0.3, 0.4) is 0 Å². The van der Waals surface area contributed by atoms with Crippen LogP contribution in [0.2, 0.25) is 0 Å². The molecule has 0 heterocycles. The van der Waals surface area contributed by atoms with Crippen LogP contribution in [-0.2, 0) is 20.9 Å². The van der Waals surface area contributed by atoms with Gasteiger partial charge in [-0.25, -0.2) is 4.79 Å². The zero-order chi connectivity index (χ0) is 20.5. The van der Waals surface area contributed by atoms with Gasteiger partial charge < -0.3 is 24.3 Å². The topological polar surface area (TPSA) is 83.1 Å². The summed E-state index contributed by atoms with van der Waals surface area (Å²) in [6, 6.07) is 11.8. The Labute approximate surface area is 164 Å². The second kappa shape index (κ2) is 10.3. The normalized spacial score (nSPS) is 11.4. The summed E-state index contributed by atoms with van der Waals surface area (Å²) in [5.74, 6) is 0.273. The van der Waals surface area contributed by atoms with Gasteiger partial charge in [0.1, 0.15) is 11.5 Å². The molecule has 0 bridgehead atoms. The highest BCUT2D eigenvalue weighted by Gasteiger charge is 2.20. The van der Waals surface area contributed by atoms with Crippen molar-refractivity contribution in [3.8, 4) is 11.5 Å². The summed E-state index contributed by atoms with van der Waals surface area (Å²) in [7, 11) is 3.11. The molecule has 0 radical (unpaired) electrons. The molecule has 7 heteroatoms. The molecule has 28 heavy (non-hydrogen) atoms. The van der Waals surface area contributed by atoms with E-state index in [1.54, 1.807) is 56.7 Å². The van der Waals surface area contributed by atoms with E-state index in [4.69, 9.17) is 18.9 Å². The Hall–Kier alpha value is -3.06. The summed E-state index contributed by atoms with van der Waals surface area (Å²) in [5.41, 5.74) is 1.63. The van der Waals surface area contributed by atoms with Crippen molar-refractivity contribution in [3.63, 3.8) is 0 Å². The van der Waals surface area contributed by atoms with Crippen LogP contribution in [0.15, 0.2) is 42.5 Å². The van der Waals surface area contributed by atoms with Crippen LogP contribution < -0.4 is 14.8 Å². The molecule has 0 saturated heterocycles. The summed E-state index contributed by atoms with van der Waals surface area (Å²) in [4.78, 5) is 24.7. The average Bonchev–Trinajstić information content (AvgIpc) is 2.72. The molecule has 0 unspecified atom stereocenters. The maximum Gasteiger partial charge on any atom is 0.338 e. The molecule has 1 N–H and O–H groups in total. The van der Waals surface area contributed by atoms with Gasteiger partial charge in [0, 0.05) is 17.9 Å². The Kier molecular flexibility index (Phi) is 7.83. The lowest BCUT2D eigenvalue weighted by molar-refractivity contribution is -0.123. The molecule has 0 aliphatic rings. The first-order valence-corrected chi connectivity index (χ1v) is 8.89. The lowest BCUT2D eigenvalue weighted by Gasteiger charge is -2.15. The quantitative estimate of drug-likeness (QED) is 0.664. The summed E-state index contributed by atoms with van der Waals surface area (Å²) in [6.45, 7) is 4.25. The molecule has 2 aromatic rings. The lowest BCUT2D eigenvalue weighted by Crippen LogP contribution is -2.30. The van der Waals surface area contributed by atoms with E-state index in [2.05, 4.69) is 5.32 Å².